The van der Waals surface area contributed by atoms with Crippen molar-refractivity contribution in [1.29, 1.82) is 0 Å². The molecule has 2 rings (SSSR count). The van der Waals surface area contributed by atoms with Crippen molar-refractivity contribution in [3.8, 4) is 0 Å². The molecule has 0 fully saturated rings. The van der Waals surface area contributed by atoms with Crippen LogP contribution in [0.1, 0.15) is 12.5 Å². The molecule has 0 radical (unpaired) electrons. The maximum absolute atomic E-state index is 12.2. The van der Waals surface area contributed by atoms with Crippen molar-refractivity contribution >= 4 is 52.1 Å². The number of hydrogen-bond donors (Lipinski definition) is 2. The van der Waals surface area contributed by atoms with Crippen molar-refractivity contribution in [1.82, 2.24) is 5.32 Å². The van der Waals surface area contributed by atoms with Crippen molar-refractivity contribution in [2.75, 3.05) is 11.9 Å². The molecule has 26 heavy (non-hydrogen) atoms. The van der Waals surface area contributed by atoms with Gasteiger partial charge in [-0.2, -0.15) is 0 Å². The number of rotatable bonds is 6. The summed E-state index contributed by atoms with van der Waals surface area (Å²) in [7, 11) is 0. The minimum Gasteiger partial charge on any atom is -0.451 e. The van der Waals surface area contributed by atoms with Crippen molar-refractivity contribution in [3.05, 3.63) is 69.4 Å². The molecule has 0 atom stereocenters. The molecule has 0 heterocycles. The summed E-state index contributed by atoms with van der Waals surface area (Å²) >= 11 is 2.13. The zero-order valence-electron chi connectivity index (χ0n) is 14.0. The summed E-state index contributed by atoms with van der Waals surface area (Å²) in [6.07, 6.45) is 1.49. The molecule has 0 aromatic heterocycles. The number of anilines is 1. The molecule has 0 unspecified atom stereocenters. The highest BCUT2D eigenvalue weighted by molar-refractivity contribution is 14.1. The Balaban J connectivity index is 1.99. The Morgan fingerprint density at radius 3 is 2.46 bits per heavy atom. The van der Waals surface area contributed by atoms with Gasteiger partial charge in [0.1, 0.15) is 5.70 Å². The van der Waals surface area contributed by atoms with Gasteiger partial charge in [0, 0.05) is 16.2 Å². The van der Waals surface area contributed by atoms with Crippen LogP contribution in [0, 0.1) is 3.57 Å². The first-order valence-electron chi connectivity index (χ1n) is 7.71. The quantitative estimate of drug-likeness (QED) is 0.391. The first kappa shape index (κ1) is 19.6. The predicted octanol–water partition coefficient (Wildman–Crippen LogP) is 2.95. The summed E-state index contributed by atoms with van der Waals surface area (Å²) in [5.74, 6) is -1.67. The van der Waals surface area contributed by atoms with Crippen LogP contribution in [-0.2, 0) is 19.1 Å². The summed E-state index contributed by atoms with van der Waals surface area (Å²) < 4.78 is 5.97. The molecule has 0 saturated carbocycles. The Morgan fingerprint density at radius 1 is 1.08 bits per heavy atom. The van der Waals surface area contributed by atoms with E-state index < -0.39 is 24.4 Å². The highest BCUT2D eigenvalue weighted by Gasteiger charge is 2.15. The van der Waals surface area contributed by atoms with Gasteiger partial charge >= 0.3 is 5.97 Å². The third-order valence-corrected chi connectivity index (χ3v) is 3.75. The molecule has 6 nitrogen and oxygen atoms in total. The third kappa shape index (κ3) is 6.67. The van der Waals surface area contributed by atoms with Crippen LogP contribution in [0.5, 0.6) is 0 Å². The largest absolute Gasteiger partial charge is 0.451 e. The van der Waals surface area contributed by atoms with Crippen LogP contribution >= 0.6 is 22.6 Å². The molecule has 0 aliphatic rings. The second-order valence-corrected chi connectivity index (χ2v) is 6.53. The molecule has 2 aromatic carbocycles. The lowest BCUT2D eigenvalue weighted by molar-refractivity contribution is -0.144. The number of benzene rings is 2. The second-order valence-electron chi connectivity index (χ2n) is 5.28. The monoisotopic (exact) mass is 464 g/mol. The van der Waals surface area contributed by atoms with Crippen LogP contribution in [0.4, 0.5) is 5.69 Å². The Bertz CT molecular complexity index is 834. The van der Waals surface area contributed by atoms with Gasteiger partial charge in [-0.15, -0.1) is 0 Å². The molecule has 0 saturated heterocycles. The fraction of sp³-hybridized carbons (Fsp3) is 0.105. The molecule has 0 spiro atoms. The highest BCUT2D eigenvalue weighted by atomic mass is 127. The standard InChI is InChI=1S/C19H17IN2O4/c1-13(23)21-17(10-14-6-3-2-4-7-14)19(25)26-12-18(24)22-16-9-5-8-15(20)11-16/h2-11H,12H2,1H3,(H,21,23)(H,22,24)/b17-10+. The fourth-order valence-electron chi connectivity index (χ4n) is 2.02. The summed E-state index contributed by atoms with van der Waals surface area (Å²) in [5.41, 5.74) is 1.29. The highest BCUT2D eigenvalue weighted by Crippen LogP contribution is 2.12. The molecule has 0 aliphatic heterocycles. The third-order valence-electron chi connectivity index (χ3n) is 3.08. The van der Waals surface area contributed by atoms with E-state index in [9.17, 15) is 14.4 Å². The van der Waals surface area contributed by atoms with Gasteiger partial charge in [0.05, 0.1) is 0 Å². The number of amides is 2. The van der Waals surface area contributed by atoms with Gasteiger partial charge in [-0.25, -0.2) is 4.79 Å². The van der Waals surface area contributed by atoms with Crippen LogP contribution < -0.4 is 10.6 Å². The molecule has 0 bridgehead atoms. The first-order valence-corrected chi connectivity index (χ1v) is 8.79. The van der Waals surface area contributed by atoms with Crippen LogP contribution in [0.3, 0.4) is 0 Å². The molecule has 134 valence electrons. The van der Waals surface area contributed by atoms with Crippen molar-refractivity contribution in [2.45, 2.75) is 6.92 Å². The van der Waals surface area contributed by atoms with E-state index in [0.717, 1.165) is 9.13 Å². The van der Waals surface area contributed by atoms with E-state index >= 15 is 0 Å². The van der Waals surface area contributed by atoms with Gasteiger partial charge in [0.25, 0.3) is 5.91 Å². The van der Waals surface area contributed by atoms with Gasteiger partial charge in [-0.05, 0) is 52.4 Å². The lowest BCUT2D eigenvalue weighted by Gasteiger charge is -2.10. The number of esters is 1. The van der Waals surface area contributed by atoms with Crippen molar-refractivity contribution in [3.63, 3.8) is 0 Å². The van der Waals surface area contributed by atoms with Crippen LogP contribution in [0.15, 0.2) is 60.3 Å². The molecule has 7 heteroatoms. The fourth-order valence-corrected chi connectivity index (χ4v) is 2.57. The predicted molar refractivity (Wildman–Crippen MR) is 107 cm³/mol. The SMILES string of the molecule is CC(=O)N/C(=C/c1ccccc1)C(=O)OCC(=O)Nc1cccc(I)c1. The minimum atomic E-state index is -0.790. The van der Waals surface area contributed by atoms with E-state index in [0.29, 0.717) is 5.69 Å². The lowest BCUT2D eigenvalue weighted by atomic mass is 10.2. The zero-order valence-corrected chi connectivity index (χ0v) is 16.1. The second kappa shape index (κ2) is 9.71. The summed E-state index contributed by atoms with van der Waals surface area (Å²) in [5, 5.41) is 5.06. The van der Waals surface area contributed by atoms with E-state index in [1.54, 1.807) is 42.5 Å². The normalized spacial score (nSPS) is 10.8. The van der Waals surface area contributed by atoms with E-state index in [2.05, 4.69) is 33.2 Å². The Hall–Kier alpha value is -2.68. The molecular weight excluding hydrogens is 447 g/mol. The number of carbonyl (C=O) groups is 3. The Kier molecular flexibility index (Phi) is 7.34. The maximum Gasteiger partial charge on any atom is 0.355 e. The lowest BCUT2D eigenvalue weighted by Crippen LogP contribution is -2.28. The van der Waals surface area contributed by atoms with Gasteiger partial charge < -0.3 is 15.4 Å². The summed E-state index contributed by atoms with van der Waals surface area (Å²) in [6.45, 7) is 0.825. The molecule has 2 amide bonds. The zero-order chi connectivity index (χ0) is 18.9. The molecule has 2 N–H and O–H groups in total. The Labute approximate surface area is 164 Å². The Morgan fingerprint density at radius 2 is 1.81 bits per heavy atom. The average molecular weight is 464 g/mol. The van der Waals surface area contributed by atoms with Gasteiger partial charge in [0.15, 0.2) is 6.61 Å². The van der Waals surface area contributed by atoms with Crippen molar-refractivity contribution in [2.24, 2.45) is 0 Å². The summed E-state index contributed by atoms with van der Waals surface area (Å²) in [4.78, 5) is 35.5. The van der Waals surface area contributed by atoms with E-state index in [4.69, 9.17) is 4.74 Å². The summed E-state index contributed by atoms with van der Waals surface area (Å²) in [6, 6.07) is 16.2. The van der Waals surface area contributed by atoms with Crippen molar-refractivity contribution < 1.29 is 19.1 Å². The van der Waals surface area contributed by atoms with Crippen LogP contribution in [-0.4, -0.2) is 24.4 Å². The van der Waals surface area contributed by atoms with Crippen LogP contribution in [0.25, 0.3) is 6.08 Å². The number of carbonyl (C=O) groups excluding carboxylic acids is 3. The molecular formula is C19H17IN2O4. The number of halogens is 1. The molecule has 0 aliphatic carbocycles. The van der Waals surface area contributed by atoms with Crippen LogP contribution in [0.2, 0.25) is 0 Å². The number of hydrogen-bond acceptors (Lipinski definition) is 4. The van der Waals surface area contributed by atoms with E-state index in [-0.39, 0.29) is 5.70 Å². The van der Waals surface area contributed by atoms with Gasteiger partial charge in [0.2, 0.25) is 5.91 Å². The van der Waals surface area contributed by atoms with E-state index in [1.807, 2.05) is 12.1 Å². The van der Waals surface area contributed by atoms with E-state index in [1.165, 1.54) is 13.0 Å². The minimum absolute atomic E-state index is 0.0363. The maximum atomic E-state index is 12.2. The number of ether oxygens (including phenoxy) is 1. The van der Waals surface area contributed by atoms with Gasteiger partial charge in [-0.1, -0.05) is 36.4 Å². The van der Waals surface area contributed by atoms with Gasteiger partial charge in [-0.3, -0.25) is 9.59 Å². The average Bonchev–Trinajstić information content (AvgIpc) is 2.59. The first-order chi connectivity index (χ1) is 12.4. The molecule has 2 aromatic rings. The number of nitrogens with one attached hydrogen (secondary N) is 2. The topological polar surface area (TPSA) is 84.5 Å². The smallest absolute Gasteiger partial charge is 0.355 e.